The van der Waals surface area contributed by atoms with Gasteiger partial charge in [-0.25, -0.2) is 8.78 Å². The van der Waals surface area contributed by atoms with Crippen LogP contribution >= 0.6 is 0 Å². The zero-order chi connectivity index (χ0) is 43.2. The third kappa shape index (κ3) is 8.33. The molecule has 3 aliphatic heterocycles. The molecule has 1 amide bonds. The monoisotopic (exact) mass is 840 g/mol. The molecule has 13 heteroatoms. The first-order chi connectivity index (χ1) is 29.2. The topological polar surface area (TPSA) is 115 Å². The summed E-state index contributed by atoms with van der Waals surface area (Å²) in [5.74, 6) is 2.55. The van der Waals surface area contributed by atoms with Crippen LogP contribution in [0.5, 0.6) is 11.8 Å². The van der Waals surface area contributed by atoms with E-state index in [9.17, 15) is 15.0 Å². The Hall–Kier alpha value is -4.35. The first-order valence-corrected chi connectivity index (χ1v) is 22.3. The lowest BCUT2D eigenvalue weighted by atomic mass is 9.78. The van der Waals surface area contributed by atoms with Gasteiger partial charge in [0.15, 0.2) is 0 Å². The number of rotatable bonds is 11. The van der Waals surface area contributed by atoms with Crippen molar-refractivity contribution in [1.29, 1.82) is 0 Å². The lowest BCUT2D eigenvalue weighted by Gasteiger charge is -2.51. The quantitative estimate of drug-likeness (QED) is 0.168. The minimum absolute atomic E-state index is 0.0189. The van der Waals surface area contributed by atoms with Crippen molar-refractivity contribution in [2.75, 3.05) is 57.9 Å². The summed E-state index contributed by atoms with van der Waals surface area (Å²) in [7, 11) is 1.97. The summed E-state index contributed by atoms with van der Waals surface area (Å²) in [6, 6.07) is 7.24. The van der Waals surface area contributed by atoms with Crippen LogP contribution < -0.4 is 9.64 Å². The van der Waals surface area contributed by atoms with Crippen molar-refractivity contribution in [3.63, 3.8) is 0 Å². The third-order valence-corrected chi connectivity index (χ3v) is 14.7. The molecule has 2 N–H and O–H groups in total. The summed E-state index contributed by atoms with van der Waals surface area (Å²) in [6.45, 7) is 13.3. The minimum atomic E-state index is -1.33. The number of fused-ring (bicyclic) bond motifs is 2. The lowest BCUT2D eigenvalue weighted by Crippen LogP contribution is -2.65. The Morgan fingerprint density at radius 3 is 2.66 bits per heavy atom. The molecule has 328 valence electrons. The Morgan fingerprint density at radius 2 is 1.93 bits per heavy atom. The van der Waals surface area contributed by atoms with E-state index in [2.05, 4.69) is 34.1 Å². The SMILES string of the molecule is C#Cc1c(F)ccc2cc(O)cc([C@H]3CCc4c(nc(OC[C@]5(C(C)(C)O)C[C@@H](F)CN5C5CCC(N6CCOC[C@@H]6C)CC5)nc4N(C)C[C@@H]4CCCN4C(=O)C=C)C3)c12. The molecule has 5 atom stereocenters. The molecule has 0 unspecified atom stereocenters. The zero-order valence-electron chi connectivity index (χ0n) is 36.2. The molecular weight excluding hydrogens is 779 g/mol. The molecule has 2 aromatic carbocycles. The molecule has 0 spiro atoms. The number of ether oxygens (including phenoxy) is 2. The standard InChI is InChI=1S/C48H62F2N6O5/c1-7-38-41(50)18-12-32-22-37(57)24-40(44(32)38)31-11-17-39-42(23-31)51-46(52-45(39)53(6)27-36-10-9-19-55(36)43(58)8-2)61-29-48(47(4,5)59)25-33(49)26-56(48)35-15-13-34(14-16-35)54-20-21-60-28-30(54)3/h1,8,12,18,22,24,30-31,33-36,57,59H,2,9-11,13-17,19-21,23,25-29H2,3-6H3/t30-,31-,33+,34?,35?,36-,48-/m0/s1. The van der Waals surface area contributed by atoms with E-state index in [0.717, 1.165) is 75.1 Å². The number of benzene rings is 2. The Balaban J connectivity index is 1.11. The largest absolute Gasteiger partial charge is 0.508 e. The van der Waals surface area contributed by atoms with Gasteiger partial charge in [-0.2, -0.15) is 9.97 Å². The summed E-state index contributed by atoms with van der Waals surface area (Å²) < 4.78 is 43.4. The smallest absolute Gasteiger partial charge is 0.318 e. The number of amides is 1. The number of halogens is 2. The number of terminal acetylenes is 1. The molecule has 3 aromatic rings. The number of likely N-dealkylation sites (N-methyl/N-ethyl adjacent to an activating group) is 1. The Kier molecular flexibility index (Phi) is 12.4. The predicted octanol–water partition coefficient (Wildman–Crippen LogP) is 6.31. The molecule has 0 radical (unpaired) electrons. The third-order valence-electron chi connectivity index (χ3n) is 14.7. The summed E-state index contributed by atoms with van der Waals surface area (Å²) in [4.78, 5) is 31.6. The van der Waals surface area contributed by atoms with Gasteiger partial charge >= 0.3 is 6.01 Å². The molecule has 5 aliphatic rings. The Bertz CT molecular complexity index is 2170. The highest BCUT2D eigenvalue weighted by Gasteiger charge is 2.58. The number of likely N-dealkylation sites (tertiary alicyclic amines) is 2. The van der Waals surface area contributed by atoms with Crippen molar-refractivity contribution < 1.29 is 33.3 Å². The van der Waals surface area contributed by atoms with Crippen LogP contribution in [0.4, 0.5) is 14.6 Å². The van der Waals surface area contributed by atoms with Gasteiger partial charge < -0.3 is 29.5 Å². The van der Waals surface area contributed by atoms with Gasteiger partial charge in [-0.3, -0.25) is 14.6 Å². The highest BCUT2D eigenvalue weighted by molar-refractivity contribution is 5.93. The van der Waals surface area contributed by atoms with Gasteiger partial charge in [0.1, 0.15) is 30.2 Å². The van der Waals surface area contributed by atoms with Crippen LogP contribution in [0.3, 0.4) is 0 Å². The number of phenols is 1. The number of phenolic OH excluding ortho intramolecular Hbond substituents is 1. The van der Waals surface area contributed by atoms with E-state index < -0.39 is 23.1 Å². The second-order valence-corrected chi connectivity index (χ2v) is 18.8. The van der Waals surface area contributed by atoms with E-state index in [1.807, 2.05) is 11.9 Å². The highest BCUT2D eigenvalue weighted by atomic mass is 19.1. The van der Waals surface area contributed by atoms with E-state index in [-0.39, 0.29) is 60.8 Å². The fourth-order valence-electron chi connectivity index (χ4n) is 11.5. The first-order valence-electron chi connectivity index (χ1n) is 22.3. The molecule has 61 heavy (non-hydrogen) atoms. The predicted molar refractivity (Wildman–Crippen MR) is 232 cm³/mol. The van der Waals surface area contributed by atoms with Crippen LogP contribution in [0.2, 0.25) is 0 Å². The number of carbonyl (C=O) groups excluding carboxylic acids is 1. The first kappa shape index (κ1) is 43.3. The van der Waals surface area contributed by atoms with Crippen LogP contribution in [0.15, 0.2) is 36.9 Å². The van der Waals surface area contributed by atoms with E-state index >= 15 is 8.78 Å². The molecule has 8 rings (SSSR count). The maximum Gasteiger partial charge on any atom is 0.318 e. The van der Waals surface area contributed by atoms with Crippen molar-refractivity contribution >= 4 is 22.5 Å². The molecule has 2 aliphatic carbocycles. The van der Waals surface area contributed by atoms with Gasteiger partial charge in [0.05, 0.1) is 35.6 Å². The second kappa shape index (κ2) is 17.4. The molecule has 11 nitrogen and oxygen atoms in total. The van der Waals surface area contributed by atoms with Crippen LogP contribution in [0.1, 0.15) is 100 Å². The number of nitrogens with zero attached hydrogens (tertiary/aromatic N) is 6. The van der Waals surface area contributed by atoms with Crippen molar-refractivity contribution in [3.05, 3.63) is 65.1 Å². The number of carbonyl (C=O) groups is 1. The molecule has 4 heterocycles. The molecule has 0 bridgehead atoms. The van der Waals surface area contributed by atoms with Gasteiger partial charge in [-0.05, 0) is 120 Å². The van der Waals surface area contributed by atoms with Crippen molar-refractivity contribution in [2.24, 2.45) is 0 Å². The fourth-order valence-corrected chi connectivity index (χ4v) is 11.5. The number of alkyl halides is 1. The maximum atomic E-state index is 15.9. The number of hydrogen-bond donors (Lipinski definition) is 2. The molecule has 4 fully saturated rings. The summed E-state index contributed by atoms with van der Waals surface area (Å²) in [5.41, 5.74) is 0.246. The van der Waals surface area contributed by atoms with Crippen molar-refractivity contribution in [2.45, 2.75) is 132 Å². The van der Waals surface area contributed by atoms with Crippen LogP contribution in [0.25, 0.3) is 10.8 Å². The summed E-state index contributed by atoms with van der Waals surface area (Å²) >= 11 is 0. The zero-order valence-corrected chi connectivity index (χ0v) is 36.2. The van der Waals surface area contributed by atoms with E-state index in [4.69, 9.17) is 25.9 Å². The number of anilines is 1. The van der Waals surface area contributed by atoms with E-state index in [0.29, 0.717) is 61.0 Å². The number of aromatic hydroxyl groups is 1. The van der Waals surface area contributed by atoms with E-state index in [1.54, 1.807) is 32.0 Å². The molecule has 1 saturated carbocycles. The summed E-state index contributed by atoms with van der Waals surface area (Å²) in [5, 5.41) is 24.1. The van der Waals surface area contributed by atoms with Gasteiger partial charge in [0.25, 0.3) is 0 Å². The van der Waals surface area contributed by atoms with Crippen LogP contribution in [-0.4, -0.2) is 135 Å². The highest BCUT2D eigenvalue weighted by Crippen LogP contribution is 2.46. The lowest BCUT2D eigenvalue weighted by molar-refractivity contribution is -0.126. The fraction of sp³-hybridized carbons (Fsp3) is 0.604. The van der Waals surface area contributed by atoms with Crippen molar-refractivity contribution in [1.82, 2.24) is 24.7 Å². The Labute approximate surface area is 359 Å². The number of aromatic nitrogens is 2. The average Bonchev–Trinajstić information content (AvgIpc) is 3.86. The molecule has 1 aromatic heterocycles. The minimum Gasteiger partial charge on any atom is -0.508 e. The number of hydrogen-bond acceptors (Lipinski definition) is 10. The van der Waals surface area contributed by atoms with Gasteiger partial charge in [0, 0.05) is 74.8 Å². The van der Waals surface area contributed by atoms with Gasteiger partial charge in [-0.15, -0.1) is 6.42 Å². The number of aliphatic hydroxyl groups is 1. The normalized spacial score (nSPS) is 28.7. The maximum absolute atomic E-state index is 15.9. The van der Waals surface area contributed by atoms with Crippen LogP contribution in [-0.2, 0) is 22.4 Å². The number of morpholine rings is 1. The second-order valence-electron chi connectivity index (χ2n) is 18.8. The molecular formula is C48H62F2N6O5. The van der Waals surface area contributed by atoms with Crippen molar-refractivity contribution in [3.8, 4) is 24.1 Å². The molecule has 3 saturated heterocycles. The average molecular weight is 841 g/mol. The Morgan fingerprint density at radius 1 is 1.16 bits per heavy atom. The van der Waals surface area contributed by atoms with Gasteiger partial charge in [-0.1, -0.05) is 18.6 Å². The summed E-state index contributed by atoms with van der Waals surface area (Å²) in [6.07, 6.45) is 13.4. The van der Waals surface area contributed by atoms with E-state index in [1.165, 1.54) is 12.1 Å². The van der Waals surface area contributed by atoms with Crippen LogP contribution in [0, 0.1) is 18.2 Å². The van der Waals surface area contributed by atoms with Gasteiger partial charge in [0.2, 0.25) is 5.91 Å².